The van der Waals surface area contributed by atoms with E-state index in [1.807, 2.05) is 12.2 Å². The Kier molecular flexibility index (Phi) is 1.35. The maximum Gasteiger partial charge on any atom is 0.228 e. The van der Waals surface area contributed by atoms with Gasteiger partial charge in [0, 0.05) is 11.9 Å². The van der Waals surface area contributed by atoms with Crippen molar-refractivity contribution in [3.63, 3.8) is 0 Å². The highest BCUT2D eigenvalue weighted by atomic mass is 16.1. The Morgan fingerprint density at radius 2 is 2.45 bits per heavy atom. The zero-order valence-corrected chi connectivity index (χ0v) is 6.00. The number of rotatable bonds is 0. The molecule has 3 heteroatoms. The van der Waals surface area contributed by atoms with Gasteiger partial charge in [-0.1, -0.05) is 6.08 Å². The van der Waals surface area contributed by atoms with Gasteiger partial charge >= 0.3 is 0 Å². The number of nitrogens with one attached hydrogen (secondary N) is 1. The first-order chi connectivity index (χ1) is 5.36. The lowest BCUT2D eigenvalue weighted by atomic mass is 10.2. The summed E-state index contributed by atoms with van der Waals surface area (Å²) in [4.78, 5) is 14.9. The van der Waals surface area contributed by atoms with Gasteiger partial charge in [0.1, 0.15) is 0 Å². The van der Waals surface area contributed by atoms with Crippen LogP contribution in [0.4, 0.5) is 0 Å². The molecule has 3 nitrogen and oxygen atoms in total. The van der Waals surface area contributed by atoms with E-state index >= 15 is 0 Å². The molecule has 0 spiro atoms. The van der Waals surface area contributed by atoms with Gasteiger partial charge in [-0.05, 0) is 11.6 Å². The van der Waals surface area contributed by atoms with E-state index in [1.54, 1.807) is 6.21 Å². The van der Waals surface area contributed by atoms with Crippen molar-refractivity contribution in [3.8, 4) is 0 Å². The van der Waals surface area contributed by atoms with Crippen LogP contribution < -0.4 is 5.32 Å². The highest BCUT2D eigenvalue weighted by Gasteiger charge is 2.19. The zero-order chi connectivity index (χ0) is 7.68. The minimum absolute atomic E-state index is 0.0813. The molecule has 0 bridgehead atoms. The maximum atomic E-state index is 10.9. The molecule has 1 N–H and O–H groups in total. The van der Waals surface area contributed by atoms with E-state index in [-0.39, 0.29) is 5.91 Å². The average molecular weight is 148 g/mol. The summed E-state index contributed by atoms with van der Waals surface area (Å²) in [6, 6.07) is 0. The van der Waals surface area contributed by atoms with Crippen molar-refractivity contribution in [3.05, 3.63) is 23.4 Å². The van der Waals surface area contributed by atoms with Crippen LogP contribution in [-0.2, 0) is 4.79 Å². The van der Waals surface area contributed by atoms with E-state index in [0.29, 0.717) is 13.0 Å². The molecule has 0 aliphatic carbocycles. The molecule has 56 valence electrons. The fourth-order valence-electron chi connectivity index (χ4n) is 1.22. The van der Waals surface area contributed by atoms with Gasteiger partial charge in [0.05, 0.1) is 13.0 Å². The van der Waals surface area contributed by atoms with Gasteiger partial charge in [0.2, 0.25) is 5.91 Å². The van der Waals surface area contributed by atoms with Crippen molar-refractivity contribution < 1.29 is 4.79 Å². The Labute approximate surface area is 64.5 Å². The van der Waals surface area contributed by atoms with Gasteiger partial charge in [-0.2, -0.15) is 0 Å². The van der Waals surface area contributed by atoms with Crippen LogP contribution in [0.1, 0.15) is 6.42 Å². The molecule has 0 saturated carbocycles. The fourth-order valence-corrected chi connectivity index (χ4v) is 1.22. The van der Waals surface area contributed by atoms with Crippen LogP contribution in [-0.4, -0.2) is 18.7 Å². The van der Waals surface area contributed by atoms with Gasteiger partial charge in [-0.3, -0.25) is 9.79 Å². The summed E-state index contributed by atoms with van der Waals surface area (Å²) in [7, 11) is 0. The van der Waals surface area contributed by atoms with Crippen LogP contribution in [0.3, 0.4) is 0 Å². The fraction of sp³-hybridized carbons (Fsp3) is 0.250. The highest BCUT2D eigenvalue weighted by Crippen LogP contribution is 2.19. The van der Waals surface area contributed by atoms with Crippen molar-refractivity contribution in [2.75, 3.05) is 6.54 Å². The van der Waals surface area contributed by atoms with Crippen molar-refractivity contribution >= 4 is 12.1 Å². The lowest BCUT2D eigenvalue weighted by Crippen LogP contribution is -2.11. The summed E-state index contributed by atoms with van der Waals surface area (Å²) >= 11 is 0. The zero-order valence-electron chi connectivity index (χ0n) is 6.00. The third-order valence-corrected chi connectivity index (χ3v) is 1.76. The third kappa shape index (κ3) is 1.09. The molecule has 2 rings (SSSR count). The summed E-state index contributed by atoms with van der Waals surface area (Å²) in [6.07, 6.45) is 6.05. The maximum absolute atomic E-state index is 10.9. The molecule has 0 aromatic carbocycles. The Morgan fingerprint density at radius 1 is 1.55 bits per heavy atom. The molecule has 0 unspecified atom stereocenters. The van der Waals surface area contributed by atoms with E-state index < -0.39 is 0 Å². The van der Waals surface area contributed by atoms with E-state index in [4.69, 9.17) is 0 Å². The Bertz CT molecular complexity index is 286. The molecule has 1 amide bonds. The quantitative estimate of drug-likeness (QED) is 0.530. The molecule has 0 aromatic rings. The molecule has 1 fully saturated rings. The normalized spacial score (nSPS) is 21.6. The molecule has 2 aliphatic heterocycles. The number of hydrogen-bond donors (Lipinski definition) is 1. The molecule has 2 heterocycles. The smallest absolute Gasteiger partial charge is 0.228 e. The molecule has 0 aromatic heterocycles. The number of carbonyl (C=O) groups excluding carboxylic acids is 1. The number of nitrogens with zero attached hydrogens (tertiary/aromatic N) is 1. The lowest BCUT2D eigenvalue weighted by Gasteiger charge is -1.93. The van der Waals surface area contributed by atoms with Crippen LogP contribution in [0.15, 0.2) is 28.4 Å². The van der Waals surface area contributed by atoms with E-state index in [9.17, 15) is 4.79 Å². The molecule has 2 aliphatic rings. The van der Waals surface area contributed by atoms with Gasteiger partial charge in [-0.15, -0.1) is 0 Å². The second kappa shape index (κ2) is 2.34. The van der Waals surface area contributed by atoms with Crippen LogP contribution in [0.5, 0.6) is 0 Å². The molecule has 0 atom stereocenters. The van der Waals surface area contributed by atoms with Gasteiger partial charge in [0.15, 0.2) is 0 Å². The van der Waals surface area contributed by atoms with Crippen molar-refractivity contribution in [1.29, 1.82) is 0 Å². The number of fused-ring (bicyclic) bond motifs is 1. The van der Waals surface area contributed by atoms with Crippen LogP contribution >= 0.6 is 0 Å². The Balaban J connectivity index is 2.37. The first-order valence-corrected chi connectivity index (χ1v) is 3.55. The Morgan fingerprint density at radius 3 is 3.36 bits per heavy atom. The summed E-state index contributed by atoms with van der Waals surface area (Å²) < 4.78 is 0. The summed E-state index contributed by atoms with van der Waals surface area (Å²) in [5.74, 6) is 0.0813. The first-order valence-electron chi connectivity index (χ1n) is 3.55. The SMILES string of the molecule is O=C1CC2=CCN=CC=C2N1. The van der Waals surface area contributed by atoms with E-state index in [0.717, 1.165) is 11.3 Å². The minimum Gasteiger partial charge on any atom is -0.325 e. The topological polar surface area (TPSA) is 41.5 Å². The standard InChI is InChI=1S/C8H8N2O/c11-8-5-6-1-3-9-4-2-7(6)10-8/h1-2,4H,3,5H2,(H,10,11). The molecular weight excluding hydrogens is 140 g/mol. The van der Waals surface area contributed by atoms with Crippen molar-refractivity contribution in [2.24, 2.45) is 4.99 Å². The summed E-state index contributed by atoms with van der Waals surface area (Å²) in [5.41, 5.74) is 1.99. The molecular formula is C8H8N2O. The second-order valence-corrected chi connectivity index (χ2v) is 2.55. The lowest BCUT2D eigenvalue weighted by molar-refractivity contribution is -0.118. The van der Waals surface area contributed by atoms with Crippen LogP contribution in [0, 0.1) is 0 Å². The van der Waals surface area contributed by atoms with Gasteiger partial charge in [0.25, 0.3) is 0 Å². The largest absolute Gasteiger partial charge is 0.325 e. The highest BCUT2D eigenvalue weighted by molar-refractivity contribution is 5.89. The molecule has 1 saturated heterocycles. The number of allylic oxidation sites excluding steroid dienone is 2. The molecule has 11 heavy (non-hydrogen) atoms. The number of amides is 1. The average Bonchev–Trinajstić information content (AvgIpc) is 2.17. The minimum atomic E-state index is 0.0813. The van der Waals surface area contributed by atoms with E-state index in [1.165, 1.54) is 0 Å². The van der Waals surface area contributed by atoms with Gasteiger partial charge in [-0.25, -0.2) is 0 Å². The van der Waals surface area contributed by atoms with Crippen LogP contribution in [0.25, 0.3) is 0 Å². The first kappa shape index (κ1) is 6.34. The summed E-state index contributed by atoms with van der Waals surface area (Å²) in [5, 5.41) is 2.76. The van der Waals surface area contributed by atoms with Crippen LogP contribution in [0.2, 0.25) is 0 Å². The van der Waals surface area contributed by atoms with Gasteiger partial charge < -0.3 is 5.32 Å². The van der Waals surface area contributed by atoms with Crippen molar-refractivity contribution in [2.45, 2.75) is 6.42 Å². The van der Waals surface area contributed by atoms with Crippen molar-refractivity contribution in [1.82, 2.24) is 5.32 Å². The molecule has 0 radical (unpaired) electrons. The third-order valence-electron chi connectivity index (χ3n) is 1.76. The number of aliphatic imine (C=N–C) groups is 1. The predicted molar refractivity (Wildman–Crippen MR) is 42.3 cm³/mol. The number of carbonyl (C=O) groups is 1. The predicted octanol–water partition coefficient (Wildman–Crippen LogP) is 0.401. The summed E-state index contributed by atoms with van der Waals surface area (Å²) in [6.45, 7) is 0.685. The Hall–Kier alpha value is -1.38. The second-order valence-electron chi connectivity index (χ2n) is 2.55. The van der Waals surface area contributed by atoms with E-state index in [2.05, 4.69) is 10.3 Å². The monoisotopic (exact) mass is 148 g/mol. The number of hydrogen-bond acceptors (Lipinski definition) is 2.